The molecule has 0 fully saturated rings. The summed E-state index contributed by atoms with van der Waals surface area (Å²) in [5, 5.41) is 19.8. The van der Waals surface area contributed by atoms with Crippen LogP contribution < -0.4 is 10.5 Å². The van der Waals surface area contributed by atoms with Crippen LogP contribution in [0.3, 0.4) is 0 Å². The minimum atomic E-state index is -1.35. The van der Waals surface area contributed by atoms with Gasteiger partial charge in [-0.05, 0) is 41.5 Å². The van der Waals surface area contributed by atoms with Gasteiger partial charge in [-0.3, -0.25) is 4.79 Å². The number of fused-ring (bicyclic) bond motifs is 1. The SMILES string of the molecule is NCc1cccc(-c2cc(C(Oc3ccccc3CC(=O)O)C(=O)O)cc3ccoc23)c1. The van der Waals surface area contributed by atoms with Crippen LogP contribution in [0.4, 0.5) is 0 Å². The molecule has 0 aliphatic carbocycles. The predicted octanol–water partition coefficient (Wildman–Crippen LogP) is 4.39. The number of benzene rings is 3. The Morgan fingerprint density at radius 3 is 2.56 bits per heavy atom. The summed E-state index contributed by atoms with van der Waals surface area (Å²) >= 11 is 0. The van der Waals surface area contributed by atoms with Gasteiger partial charge < -0.3 is 25.1 Å². The second kappa shape index (κ2) is 8.95. The Morgan fingerprint density at radius 1 is 1.00 bits per heavy atom. The summed E-state index contributed by atoms with van der Waals surface area (Å²) in [5.74, 6) is -2.02. The zero-order chi connectivity index (χ0) is 22.7. The third-order valence-electron chi connectivity index (χ3n) is 5.13. The summed E-state index contributed by atoms with van der Waals surface area (Å²) in [4.78, 5) is 23.4. The van der Waals surface area contributed by atoms with E-state index in [1.54, 1.807) is 48.7 Å². The van der Waals surface area contributed by atoms with Gasteiger partial charge in [0.25, 0.3) is 0 Å². The van der Waals surface area contributed by atoms with Gasteiger partial charge in [0.2, 0.25) is 6.10 Å². The highest BCUT2D eigenvalue weighted by atomic mass is 16.5. The van der Waals surface area contributed by atoms with Crippen molar-refractivity contribution < 1.29 is 29.0 Å². The lowest BCUT2D eigenvalue weighted by Gasteiger charge is -2.19. The van der Waals surface area contributed by atoms with Crippen LogP contribution in [-0.2, 0) is 22.6 Å². The molecule has 0 aliphatic heterocycles. The Bertz CT molecular complexity index is 1290. The molecule has 0 saturated heterocycles. The molecule has 7 heteroatoms. The highest BCUT2D eigenvalue weighted by Crippen LogP contribution is 2.35. The van der Waals surface area contributed by atoms with Crippen LogP contribution in [0.2, 0.25) is 0 Å². The number of para-hydroxylation sites is 1. The van der Waals surface area contributed by atoms with Crippen LogP contribution in [-0.4, -0.2) is 22.2 Å². The Morgan fingerprint density at radius 2 is 1.81 bits per heavy atom. The van der Waals surface area contributed by atoms with E-state index in [2.05, 4.69) is 0 Å². The lowest BCUT2D eigenvalue weighted by atomic mass is 9.96. The van der Waals surface area contributed by atoms with E-state index in [9.17, 15) is 14.7 Å². The molecule has 1 heterocycles. The fraction of sp³-hybridized carbons (Fsp3) is 0.120. The maximum absolute atomic E-state index is 12.2. The Kier molecular flexibility index (Phi) is 5.91. The topological polar surface area (TPSA) is 123 Å². The lowest BCUT2D eigenvalue weighted by Crippen LogP contribution is -2.19. The van der Waals surface area contributed by atoms with Gasteiger partial charge in [0.1, 0.15) is 11.3 Å². The summed E-state index contributed by atoms with van der Waals surface area (Å²) in [6.45, 7) is 0.371. The standard InChI is InChI=1S/C25H21NO6/c26-14-15-4-3-6-16(10-15)20-12-19(11-18-8-9-31-23(18)20)24(25(29)30)32-21-7-2-1-5-17(21)13-22(27)28/h1-12,24H,13-14,26H2,(H,27,28)(H,29,30). The van der Waals surface area contributed by atoms with E-state index in [-0.39, 0.29) is 12.2 Å². The number of carboxylic acid groups (broad SMARTS) is 2. The predicted molar refractivity (Wildman–Crippen MR) is 118 cm³/mol. The number of carbonyl (C=O) groups is 2. The van der Waals surface area contributed by atoms with Gasteiger partial charge >= 0.3 is 11.9 Å². The van der Waals surface area contributed by atoms with E-state index in [1.165, 1.54) is 0 Å². The number of rotatable bonds is 8. The maximum atomic E-state index is 12.2. The van der Waals surface area contributed by atoms with Gasteiger partial charge in [0.05, 0.1) is 12.7 Å². The fourth-order valence-corrected chi connectivity index (χ4v) is 3.65. The van der Waals surface area contributed by atoms with Gasteiger partial charge in [-0.2, -0.15) is 0 Å². The monoisotopic (exact) mass is 431 g/mol. The number of ether oxygens (including phenoxy) is 1. The minimum Gasteiger partial charge on any atom is -0.481 e. The molecular weight excluding hydrogens is 410 g/mol. The van der Waals surface area contributed by atoms with Crippen molar-refractivity contribution in [3.05, 3.63) is 89.7 Å². The molecule has 162 valence electrons. The molecule has 0 saturated carbocycles. The highest BCUT2D eigenvalue weighted by molar-refractivity contribution is 5.94. The summed E-state index contributed by atoms with van der Waals surface area (Å²) in [6.07, 6.45) is -0.0788. The van der Waals surface area contributed by atoms with Crippen molar-refractivity contribution in [3.63, 3.8) is 0 Å². The van der Waals surface area contributed by atoms with E-state index in [0.29, 0.717) is 28.8 Å². The number of hydrogen-bond acceptors (Lipinski definition) is 5. The number of aliphatic carboxylic acids is 2. The maximum Gasteiger partial charge on any atom is 0.349 e. The van der Waals surface area contributed by atoms with Gasteiger partial charge in [-0.15, -0.1) is 0 Å². The number of hydrogen-bond donors (Lipinski definition) is 3. The van der Waals surface area contributed by atoms with Gasteiger partial charge in [0.15, 0.2) is 0 Å². The smallest absolute Gasteiger partial charge is 0.349 e. The molecule has 0 amide bonds. The van der Waals surface area contributed by atoms with E-state index in [1.807, 2.05) is 24.3 Å². The fourth-order valence-electron chi connectivity index (χ4n) is 3.65. The van der Waals surface area contributed by atoms with E-state index < -0.39 is 18.0 Å². The summed E-state index contributed by atoms with van der Waals surface area (Å²) in [5.41, 5.74) is 9.69. The first-order valence-corrected chi connectivity index (χ1v) is 9.96. The van der Waals surface area contributed by atoms with Crippen LogP contribution in [0.5, 0.6) is 5.75 Å². The van der Waals surface area contributed by atoms with Crippen molar-refractivity contribution in [3.8, 4) is 16.9 Å². The molecule has 4 N–H and O–H groups in total. The molecule has 3 aromatic carbocycles. The average Bonchev–Trinajstić information content (AvgIpc) is 3.26. The average molecular weight is 431 g/mol. The molecule has 0 spiro atoms. The van der Waals surface area contributed by atoms with Crippen LogP contribution in [0, 0.1) is 0 Å². The summed E-state index contributed by atoms with van der Waals surface area (Å²) in [6, 6.07) is 19.3. The molecule has 4 aromatic rings. The molecule has 0 aliphatic rings. The first-order valence-electron chi connectivity index (χ1n) is 9.96. The third kappa shape index (κ3) is 4.33. The summed E-state index contributed by atoms with van der Waals surface area (Å²) in [7, 11) is 0. The minimum absolute atomic E-state index is 0.210. The molecule has 0 radical (unpaired) electrons. The van der Waals surface area contributed by atoms with Crippen LogP contribution in [0.1, 0.15) is 22.8 Å². The van der Waals surface area contributed by atoms with Crippen molar-refractivity contribution in [2.24, 2.45) is 5.73 Å². The van der Waals surface area contributed by atoms with Gasteiger partial charge in [-0.1, -0.05) is 36.4 Å². The molecule has 32 heavy (non-hydrogen) atoms. The molecule has 4 rings (SSSR count). The Hall–Kier alpha value is -4.10. The first kappa shape index (κ1) is 21.1. The molecule has 1 atom stereocenters. The second-order valence-electron chi connectivity index (χ2n) is 7.33. The highest BCUT2D eigenvalue weighted by Gasteiger charge is 2.25. The van der Waals surface area contributed by atoms with Crippen molar-refractivity contribution in [1.82, 2.24) is 0 Å². The van der Waals surface area contributed by atoms with Crippen LogP contribution in [0.25, 0.3) is 22.1 Å². The van der Waals surface area contributed by atoms with Crippen molar-refractivity contribution in [2.75, 3.05) is 0 Å². The second-order valence-corrected chi connectivity index (χ2v) is 7.33. The van der Waals surface area contributed by atoms with Crippen molar-refractivity contribution >= 4 is 22.9 Å². The molecule has 0 bridgehead atoms. The molecule has 1 unspecified atom stereocenters. The first-order chi connectivity index (χ1) is 15.5. The van der Waals surface area contributed by atoms with Crippen molar-refractivity contribution in [1.29, 1.82) is 0 Å². The quantitative estimate of drug-likeness (QED) is 0.378. The van der Waals surface area contributed by atoms with Crippen LogP contribution >= 0.6 is 0 Å². The molecule has 7 nitrogen and oxygen atoms in total. The van der Waals surface area contributed by atoms with Crippen LogP contribution in [0.15, 0.2) is 77.4 Å². The van der Waals surface area contributed by atoms with E-state index in [0.717, 1.165) is 16.5 Å². The number of carboxylic acids is 2. The molecule has 1 aromatic heterocycles. The third-order valence-corrected chi connectivity index (χ3v) is 5.13. The zero-order valence-electron chi connectivity index (χ0n) is 17.0. The number of nitrogens with two attached hydrogens (primary N) is 1. The summed E-state index contributed by atoms with van der Waals surface area (Å²) < 4.78 is 11.5. The normalized spacial score (nSPS) is 11.9. The largest absolute Gasteiger partial charge is 0.481 e. The van der Waals surface area contributed by atoms with E-state index in [4.69, 9.17) is 20.0 Å². The van der Waals surface area contributed by atoms with Gasteiger partial charge in [-0.25, -0.2) is 4.79 Å². The number of furan rings is 1. The lowest BCUT2D eigenvalue weighted by molar-refractivity contribution is -0.145. The Labute approximate surface area is 183 Å². The molecular formula is C25H21NO6. The van der Waals surface area contributed by atoms with Gasteiger partial charge in [0, 0.05) is 28.6 Å². The zero-order valence-corrected chi connectivity index (χ0v) is 17.0. The van der Waals surface area contributed by atoms with E-state index >= 15 is 0 Å². The van der Waals surface area contributed by atoms with Crippen molar-refractivity contribution in [2.45, 2.75) is 19.1 Å². The Balaban J connectivity index is 1.80.